The number of hydrogen-bond acceptors (Lipinski definition) is 6. The molecule has 0 bridgehead atoms. The summed E-state index contributed by atoms with van der Waals surface area (Å²) in [6.45, 7) is 5.13. The Bertz CT molecular complexity index is 306. The fourth-order valence-corrected chi connectivity index (χ4v) is 0.952. The molecule has 0 saturated heterocycles. The Kier molecular flexibility index (Phi) is 7.23. The van der Waals surface area contributed by atoms with Crippen LogP contribution >= 0.6 is 0 Å². The molecular weight excluding hydrogens is 240 g/mol. The first kappa shape index (κ1) is 16.6. The van der Waals surface area contributed by atoms with Gasteiger partial charge < -0.3 is 19.7 Å². The number of hydrogen-bond donors (Lipinski definition) is 2. The molecule has 104 valence electrons. The topological polar surface area (TPSA) is 93.1 Å². The molecule has 0 radical (unpaired) electrons. The zero-order chi connectivity index (χ0) is 14.2. The third kappa shape index (κ3) is 5.29. The predicted molar refractivity (Wildman–Crippen MR) is 63.6 cm³/mol. The number of carbonyl (C=O) groups excluding carboxylic acids is 2. The average Bonchev–Trinajstić information content (AvgIpc) is 2.38. The zero-order valence-electron chi connectivity index (χ0n) is 10.8. The maximum atomic E-state index is 11.2. The summed E-state index contributed by atoms with van der Waals surface area (Å²) < 4.78 is 9.73. The third-order valence-corrected chi connectivity index (χ3v) is 2.36. The summed E-state index contributed by atoms with van der Waals surface area (Å²) >= 11 is 0. The van der Waals surface area contributed by atoms with Crippen molar-refractivity contribution in [2.45, 2.75) is 20.3 Å². The maximum absolute atomic E-state index is 11.2. The molecule has 0 aliphatic rings. The van der Waals surface area contributed by atoms with E-state index < -0.39 is 30.6 Å². The molecule has 0 saturated carbocycles. The fourth-order valence-electron chi connectivity index (χ4n) is 0.952. The summed E-state index contributed by atoms with van der Waals surface area (Å²) in [6.07, 6.45) is 0.193. The Morgan fingerprint density at radius 1 is 1.17 bits per heavy atom. The molecule has 0 atom stereocenters. The summed E-state index contributed by atoms with van der Waals surface area (Å²) in [5.41, 5.74) is -0.971. The van der Waals surface area contributed by atoms with Crippen LogP contribution in [0, 0.1) is 5.41 Å². The molecule has 0 rings (SSSR count). The van der Waals surface area contributed by atoms with Crippen molar-refractivity contribution in [2.75, 3.05) is 26.4 Å². The van der Waals surface area contributed by atoms with Crippen LogP contribution in [0.3, 0.4) is 0 Å². The lowest BCUT2D eigenvalue weighted by Gasteiger charge is -2.28. The van der Waals surface area contributed by atoms with Gasteiger partial charge in [0.25, 0.3) is 0 Å². The molecule has 0 aromatic rings. The van der Waals surface area contributed by atoms with Crippen LogP contribution in [-0.4, -0.2) is 48.6 Å². The standard InChI is InChI=1S/C12H20O6/c1-4-10(15)17-7-12(5-13,6-14)8-18-11(16)9(2)3/h13-14H,2,4-8H2,1,3H3. The minimum Gasteiger partial charge on any atom is -0.465 e. The lowest BCUT2D eigenvalue weighted by molar-refractivity contribution is -0.156. The largest absolute Gasteiger partial charge is 0.465 e. The van der Waals surface area contributed by atoms with Crippen molar-refractivity contribution < 1.29 is 29.3 Å². The monoisotopic (exact) mass is 260 g/mol. The van der Waals surface area contributed by atoms with E-state index in [9.17, 15) is 19.8 Å². The Labute approximate surface area is 106 Å². The van der Waals surface area contributed by atoms with Crippen molar-refractivity contribution in [3.8, 4) is 0 Å². The number of aliphatic hydroxyl groups excluding tert-OH is 2. The van der Waals surface area contributed by atoms with E-state index in [1.807, 2.05) is 0 Å². The van der Waals surface area contributed by atoms with Crippen LogP contribution in [0.25, 0.3) is 0 Å². The van der Waals surface area contributed by atoms with Gasteiger partial charge in [-0.05, 0) is 6.92 Å². The van der Waals surface area contributed by atoms with Gasteiger partial charge in [-0.1, -0.05) is 13.5 Å². The van der Waals surface area contributed by atoms with Gasteiger partial charge in [-0.3, -0.25) is 4.79 Å². The molecule has 0 spiro atoms. The molecule has 0 heterocycles. The van der Waals surface area contributed by atoms with E-state index in [2.05, 4.69) is 6.58 Å². The molecule has 0 aromatic heterocycles. The van der Waals surface area contributed by atoms with Crippen LogP contribution in [0.5, 0.6) is 0 Å². The molecule has 0 unspecified atom stereocenters. The van der Waals surface area contributed by atoms with Crippen LogP contribution in [0.4, 0.5) is 0 Å². The smallest absolute Gasteiger partial charge is 0.333 e. The van der Waals surface area contributed by atoms with Crippen molar-refractivity contribution in [3.63, 3.8) is 0 Å². The van der Waals surface area contributed by atoms with Gasteiger partial charge in [-0.15, -0.1) is 0 Å². The summed E-state index contributed by atoms with van der Waals surface area (Å²) in [5, 5.41) is 18.5. The van der Waals surface area contributed by atoms with E-state index in [4.69, 9.17) is 9.47 Å². The van der Waals surface area contributed by atoms with Crippen LogP contribution < -0.4 is 0 Å². The summed E-state index contributed by atoms with van der Waals surface area (Å²) in [6, 6.07) is 0. The summed E-state index contributed by atoms with van der Waals surface area (Å²) in [7, 11) is 0. The molecule has 18 heavy (non-hydrogen) atoms. The highest BCUT2D eigenvalue weighted by Crippen LogP contribution is 2.18. The third-order valence-electron chi connectivity index (χ3n) is 2.36. The van der Waals surface area contributed by atoms with E-state index in [-0.39, 0.29) is 25.2 Å². The first-order valence-electron chi connectivity index (χ1n) is 5.60. The van der Waals surface area contributed by atoms with E-state index in [0.29, 0.717) is 0 Å². The van der Waals surface area contributed by atoms with Gasteiger partial charge in [0.05, 0.1) is 18.6 Å². The van der Waals surface area contributed by atoms with Gasteiger partial charge in [0.1, 0.15) is 13.2 Å². The minimum atomic E-state index is -1.18. The van der Waals surface area contributed by atoms with Crippen molar-refractivity contribution in [1.82, 2.24) is 0 Å². The van der Waals surface area contributed by atoms with E-state index in [1.54, 1.807) is 6.92 Å². The molecule has 6 heteroatoms. The highest BCUT2D eigenvalue weighted by Gasteiger charge is 2.32. The quantitative estimate of drug-likeness (QED) is 0.472. The molecule has 0 aromatic carbocycles. The zero-order valence-corrected chi connectivity index (χ0v) is 10.8. The van der Waals surface area contributed by atoms with Crippen molar-refractivity contribution in [1.29, 1.82) is 0 Å². The molecule has 0 fully saturated rings. The van der Waals surface area contributed by atoms with Gasteiger partial charge in [0.2, 0.25) is 0 Å². The van der Waals surface area contributed by atoms with Gasteiger partial charge >= 0.3 is 11.9 Å². The number of esters is 2. The van der Waals surface area contributed by atoms with E-state index in [1.165, 1.54) is 6.92 Å². The normalized spacial score (nSPS) is 10.9. The molecule has 2 N–H and O–H groups in total. The van der Waals surface area contributed by atoms with Gasteiger partial charge in [0.15, 0.2) is 0 Å². The van der Waals surface area contributed by atoms with E-state index in [0.717, 1.165) is 0 Å². The van der Waals surface area contributed by atoms with Crippen LogP contribution in [-0.2, 0) is 19.1 Å². The molecule has 0 aliphatic carbocycles. The Morgan fingerprint density at radius 2 is 1.67 bits per heavy atom. The highest BCUT2D eigenvalue weighted by atomic mass is 16.5. The maximum Gasteiger partial charge on any atom is 0.333 e. The average molecular weight is 260 g/mol. The van der Waals surface area contributed by atoms with Crippen molar-refractivity contribution in [2.24, 2.45) is 5.41 Å². The van der Waals surface area contributed by atoms with Crippen LogP contribution in [0.1, 0.15) is 20.3 Å². The summed E-state index contributed by atoms with van der Waals surface area (Å²) in [5.74, 6) is -1.07. The second kappa shape index (κ2) is 7.84. The van der Waals surface area contributed by atoms with Crippen molar-refractivity contribution >= 4 is 11.9 Å². The minimum absolute atomic E-state index is 0.193. The highest BCUT2D eigenvalue weighted by molar-refractivity contribution is 5.86. The number of ether oxygens (including phenoxy) is 2. The lowest BCUT2D eigenvalue weighted by atomic mass is 9.92. The molecular formula is C12H20O6. The van der Waals surface area contributed by atoms with Crippen LogP contribution in [0.2, 0.25) is 0 Å². The van der Waals surface area contributed by atoms with Crippen molar-refractivity contribution in [3.05, 3.63) is 12.2 Å². The SMILES string of the molecule is C=C(C)C(=O)OCC(CO)(CO)COC(=O)CC. The first-order valence-corrected chi connectivity index (χ1v) is 5.60. The Balaban J connectivity index is 4.46. The second-order valence-electron chi connectivity index (χ2n) is 4.19. The summed E-state index contributed by atoms with van der Waals surface area (Å²) in [4.78, 5) is 22.3. The number of aliphatic hydroxyl groups is 2. The van der Waals surface area contributed by atoms with Gasteiger partial charge in [-0.2, -0.15) is 0 Å². The lowest BCUT2D eigenvalue weighted by Crippen LogP contribution is -2.41. The van der Waals surface area contributed by atoms with Gasteiger partial charge in [-0.25, -0.2) is 4.79 Å². The van der Waals surface area contributed by atoms with Crippen LogP contribution in [0.15, 0.2) is 12.2 Å². The predicted octanol–water partition coefficient (Wildman–Crippen LogP) is 0.0299. The van der Waals surface area contributed by atoms with E-state index >= 15 is 0 Å². The second-order valence-corrected chi connectivity index (χ2v) is 4.19. The van der Waals surface area contributed by atoms with Gasteiger partial charge in [0, 0.05) is 12.0 Å². The Hall–Kier alpha value is -1.40. The number of rotatable bonds is 8. The molecule has 0 aliphatic heterocycles. The molecule has 6 nitrogen and oxygen atoms in total. The first-order chi connectivity index (χ1) is 8.40. The Morgan fingerprint density at radius 3 is 2.06 bits per heavy atom. The molecule has 0 amide bonds. The number of carbonyl (C=O) groups is 2. The fraction of sp³-hybridized carbons (Fsp3) is 0.667.